The van der Waals surface area contributed by atoms with Gasteiger partial charge in [-0.3, -0.25) is 0 Å². The van der Waals surface area contributed by atoms with Crippen molar-refractivity contribution in [2.75, 3.05) is 0 Å². The van der Waals surface area contributed by atoms with Crippen LogP contribution in [0.25, 0.3) is 6.08 Å². The van der Waals surface area contributed by atoms with Crippen molar-refractivity contribution < 1.29 is 27.8 Å². The topological polar surface area (TPSA) is 46.5 Å². The quantitative estimate of drug-likeness (QED) is 0.551. The van der Waals surface area contributed by atoms with Gasteiger partial charge in [0.15, 0.2) is 0 Å². The number of fused-ring (bicyclic) bond motifs is 1. The molecule has 1 aromatic rings. The largest absolute Gasteiger partial charge is 0.478 e. The Hall–Kier alpha value is -1.69. The Morgan fingerprint density at radius 2 is 1.85 bits per heavy atom. The molecule has 0 saturated heterocycles. The Labute approximate surface area is 155 Å². The maximum absolute atomic E-state index is 13.1. The summed E-state index contributed by atoms with van der Waals surface area (Å²) in [5, 5.41) is 9.17. The van der Waals surface area contributed by atoms with E-state index in [0.29, 0.717) is 0 Å². The number of hydrogen-bond donors (Lipinski definition) is 1. The van der Waals surface area contributed by atoms with Crippen molar-refractivity contribution in [3.05, 3.63) is 33.9 Å². The molecule has 0 amide bonds. The average Bonchev–Trinajstić information content (AvgIpc) is 2.56. The molecule has 1 atom stereocenters. The van der Waals surface area contributed by atoms with Gasteiger partial charge in [0.2, 0.25) is 6.10 Å². The highest BCUT2D eigenvalue weighted by molar-refractivity contribution is 6.32. The molecular formula is C19H22ClF3O3. The predicted molar refractivity (Wildman–Crippen MR) is 94.6 cm³/mol. The number of carboxylic acid groups (broad SMARTS) is 1. The lowest BCUT2D eigenvalue weighted by Gasteiger charge is -2.28. The van der Waals surface area contributed by atoms with Crippen molar-refractivity contribution in [3.63, 3.8) is 0 Å². The number of alkyl halides is 3. The van der Waals surface area contributed by atoms with Crippen LogP contribution in [0, 0.1) is 0 Å². The minimum Gasteiger partial charge on any atom is -0.478 e. The number of carbonyl (C=O) groups is 1. The number of unbranched alkanes of at least 4 members (excludes halogenated alkanes) is 5. The third kappa shape index (κ3) is 5.16. The van der Waals surface area contributed by atoms with Crippen LogP contribution in [-0.4, -0.2) is 23.4 Å². The van der Waals surface area contributed by atoms with Gasteiger partial charge in [-0.2, -0.15) is 13.2 Å². The first kappa shape index (κ1) is 20.6. The molecule has 1 heterocycles. The molecule has 3 nitrogen and oxygen atoms in total. The van der Waals surface area contributed by atoms with Gasteiger partial charge in [0.05, 0.1) is 10.6 Å². The molecule has 1 aliphatic rings. The SMILES string of the molecule is CCCCCCCCc1cc(Cl)c2c(c1)C=C(C(=O)O)C(C(F)(F)F)O2. The molecular weight excluding hydrogens is 369 g/mol. The lowest BCUT2D eigenvalue weighted by molar-refractivity contribution is -0.187. The summed E-state index contributed by atoms with van der Waals surface area (Å²) in [5.74, 6) is -1.78. The van der Waals surface area contributed by atoms with E-state index >= 15 is 0 Å². The molecule has 26 heavy (non-hydrogen) atoms. The number of carboxylic acids is 1. The van der Waals surface area contributed by atoms with Crippen LogP contribution in [0.15, 0.2) is 17.7 Å². The maximum atomic E-state index is 13.1. The average molecular weight is 391 g/mol. The highest BCUT2D eigenvalue weighted by Gasteiger charge is 2.48. The second-order valence-corrected chi connectivity index (χ2v) is 6.87. The molecule has 0 aromatic heterocycles. The predicted octanol–water partition coefficient (Wildman–Crippen LogP) is 6.03. The second kappa shape index (κ2) is 8.80. The maximum Gasteiger partial charge on any atom is 0.430 e. The highest BCUT2D eigenvalue weighted by atomic mass is 35.5. The smallest absolute Gasteiger partial charge is 0.430 e. The Kier molecular flexibility index (Phi) is 6.98. The number of rotatable bonds is 8. The van der Waals surface area contributed by atoms with E-state index in [1.165, 1.54) is 19.3 Å². The van der Waals surface area contributed by atoms with Crippen LogP contribution in [0.1, 0.15) is 56.6 Å². The molecule has 7 heteroatoms. The third-order valence-corrected chi connectivity index (χ3v) is 4.61. The Balaban J connectivity index is 2.16. The Morgan fingerprint density at radius 3 is 2.46 bits per heavy atom. The van der Waals surface area contributed by atoms with E-state index in [0.717, 1.165) is 37.3 Å². The molecule has 1 unspecified atom stereocenters. The van der Waals surface area contributed by atoms with E-state index in [9.17, 15) is 18.0 Å². The van der Waals surface area contributed by atoms with Crippen molar-refractivity contribution >= 4 is 23.6 Å². The van der Waals surface area contributed by atoms with Crippen LogP contribution in [0.2, 0.25) is 5.02 Å². The van der Waals surface area contributed by atoms with Crippen molar-refractivity contribution in [2.45, 2.75) is 64.1 Å². The third-order valence-electron chi connectivity index (χ3n) is 4.32. The van der Waals surface area contributed by atoms with Crippen LogP contribution in [0.4, 0.5) is 13.2 Å². The summed E-state index contributed by atoms with van der Waals surface area (Å²) in [5.41, 5.74) is 0.299. The van der Waals surface area contributed by atoms with Gasteiger partial charge in [0.1, 0.15) is 5.75 Å². The highest BCUT2D eigenvalue weighted by Crippen LogP contribution is 2.41. The fourth-order valence-corrected chi connectivity index (χ4v) is 3.29. The van der Waals surface area contributed by atoms with Gasteiger partial charge >= 0.3 is 12.1 Å². The van der Waals surface area contributed by atoms with Gasteiger partial charge in [-0.1, -0.05) is 50.6 Å². The van der Waals surface area contributed by atoms with E-state index < -0.39 is 23.8 Å². The number of aliphatic carboxylic acids is 1. The molecule has 144 valence electrons. The number of benzene rings is 1. The first-order chi connectivity index (χ1) is 12.2. The van der Waals surface area contributed by atoms with Gasteiger partial charge in [0.25, 0.3) is 0 Å². The molecule has 0 radical (unpaired) electrons. The first-order valence-corrected chi connectivity index (χ1v) is 9.12. The molecule has 0 saturated carbocycles. The molecule has 1 aromatic carbocycles. The fourth-order valence-electron chi connectivity index (χ4n) is 3.00. The zero-order valence-corrected chi connectivity index (χ0v) is 15.3. The fraction of sp³-hybridized carbons (Fsp3) is 0.526. The summed E-state index contributed by atoms with van der Waals surface area (Å²) in [6.07, 6.45) is 1.14. The number of aryl methyl sites for hydroxylation is 1. The number of hydrogen-bond acceptors (Lipinski definition) is 2. The summed E-state index contributed by atoms with van der Waals surface area (Å²) < 4.78 is 44.2. The van der Waals surface area contributed by atoms with E-state index in [2.05, 4.69) is 6.92 Å². The molecule has 0 fully saturated rings. The van der Waals surface area contributed by atoms with Crippen LogP contribution in [-0.2, 0) is 11.2 Å². The molecule has 0 aliphatic carbocycles. The van der Waals surface area contributed by atoms with Gasteiger partial charge in [-0.25, -0.2) is 4.79 Å². The molecule has 1 N–H and O–H groups in total. The summed E-state index contributed by atoms with van der Waals surface area (Å²) >= 11 is 6.10. The van der Waals surface area contributed by atoms with Crippen molar-refractivity contribution in [2.24, 2.45) is 0 Å². The van der Waals surface area contributed by atoms with E-state index in [4.69, 9.17) is 21.4 Å². The minimum absolute atomic E-state index is 0.0680. The Morgan fingerprint density at radius 1 is 1.19 bits per heavy atom. The van der Waals surface area contributed by atoms with Crippen LogP contribution < -0.4 is 4.74 Å². The summed E-state index contributed by atoms with van der Waals surface area (Å²) in [4.78, 5) is 11.2. The van der Waals surface area contributed by atoms with Gasteiger partial charge in [0, 0.05) is 5.56 Å². The van der Waals surface area contributed by atoms with Crippen LogP contribution >= 0.6 is 11.6 Å². The van der Waals surface area contributed by atoms with Crippen molar-refractivity contribution in [1.29, 1.82) is 0 Å². The first-order valence-electron chi connectivity index (χ1n) is 8.74. The van der Waals surface area contributed by atoms with Crippen LogP contribution in [0.5, 0.6) is 5.75 Å². The Bertz CT molecular complexity index is 683. The van der Waals surface area contributed by atoms with Crippen LogP contribution in [0.3, 0.4) is 0 Å². The van der Waals surface area contributed by atoms with Gasteiger partial charge < -0.3 is 9.84 Å². The van der Waals surface area contributed by atoms with Gasteiger partial charge in [-0.05, 0) is 36.6 Å². The van der Waals surface area contributed by atoms with E-state index in [1.807, 2.05) is 0 Å². The van der Waals surface area contributed by atoms with Crippen molar-refractivity contribution in [3.8, 4) is 5.75 Å². The summed E-state index contributed by atoms with van der Waals surface area (Å²) in [6, 6.07) is 3.25. The second-order valence-electron chi connectivity index (χ2n) is 6.46. The zero-order chi connectivity index (χ0) is 19.3. The normalized spacial score (nSPS) is 16.7. The lowest BCUT2D eigenvalue weighted by atomic mass is 9.97. The monoisotopic (exact) mass is 390 g/mol. The van der Waals surface area contributed by atoms with E-state index in [-0.39, 0.29) is 16.3 Å². The molecule has 0 spiro atoms. The molecule has 2 rings (SSSR count). The standard InChI is InChI=1S/C19H22ClF3O3/c1-2-3-4-5-6-7-8-12-9-13-11-14(18(24)25)17(19(21,22)23)26-16(13)15(20)10-12/h9-11,17H,2-8H2,1H3,(H,24,25). The van der Waals surface area contributed by atoms with Crippen molar-refractivity contribution in [1.82, 2.24) is 0 Å². The lowest BCUT2D eigenvalue weighted by Crippen LogP contribution is -2.40. The summed E-state index contributed by atoms with van der Waals surface area (Å²) in [7, 11) is 0. The number of ether oxygens (including phenoxy) is 1. The summed E-state index contributed by atoms with van der Waals surface area (Å²) in [6.45, 7) is 2.15. The molecule has 1 aliphatic heterocycles. The van der Waals surface area contributed by atoms with E-state index in [1.54, 1.807) is 12.1 Å². The minimum atomic E-state index is -4.83. The zero-order valence-electron chi connectivity index (χ0n) is 14.5. The van der Waals surface area contributed by atoms with Gasteiger partial charge in [-0.15, -0.1) is 0 Å². The molecule has 0 bridgehead atoms. The number of halogens is 4.